The van der Waals surface area contributed by atoms with Gasteiger partial charge in [0.05, 0.1) is 0 Å². The molecule has 0 heterocycles. The van der Waals surface area contributed by atoms with E-state index in [1.54, 1.807) is 0 Å². The normalized spacial score (nSPS) is 20.6. The summed E-state index contributed by atoms with van der Waals surface area (Å²) in [6, 6.07) is 9.68. The number of likely N-dealkylation sites (N-methyl/N-ethyl adjacent to an activating group) is 2. The van der Waals surface area contributed by atoms with Gasteiger partial charge < -0.3 is 10.6 Å². The summed E-state index contributed by atoms with van der Waals surface area (Å²) >= 11 is 0. The van der Waals surface area contributed by atoms with Gasteiger partial charge in [-0.05, 0) is 31.6 Å². The first-order chi connectivity index (χ1) is 8.36. The van der Waals surface area contributed by atoms with E-state index in [-0.39, 0.29) is 0 Å². The minimum Gasteiger partial charge on any atom is -0.315 e. The highest BCUT2D eigenvalue weighted by Gasteiger charge is 2.29. The number of hydrogen-bond acceptors (Lipinski definition) is 2. The fraction of sp³-hybridized carbons (Fsp3) is 0.600. The van der Waals surface area contributed by atoms with Crippen molar-refractivity contribution in [3.8, 4) is 0 Å². The van der Waals surface area contributed by atoms with Crippen molar-refractivity contribution in [1.29, 1.82) is 0 Å². The molecule has 1 aliphatic carbocycles. The zero-order valence-corrected chi connectivity index (χ0v) is 12.2. The first-order valence-corrected chi connectivity index (χ1v) is 6.79. The Morgan fingerprint density at radius 1 is 0.941 bits per heavy atom. The minimum absolute atomic E-state index is 0.473. The Morgan fingerprint density at radius 3 is 2.06 bits per heavy atom. The zero-order chi connectivity index (χ0) is 13.3. The third kappa shape index (κ3) is 3.83. The van der Waals surface area contributed by atoms with Gasteiger partial charge in [-0.3, -0.25) is 0 Å². The molecule has 2 heteroatoms. The first kappa shape index (κ1) is 16.1. The van der Waals surface area contributed by atoms with Crippen LogP contribution in [-0.2, 0) is 6.42 Å². The van der Waals surface area contributed by atoms with Crippen LogP contribution in [0.3, 0.4) is 0 Å². The van der Waals surface area contributed by atoms with Crippen LogP contribution < -0.4 is 10.6 Å². The summed E-state index contributed by atoms with van der Waals surface area (Å²) in [5.41, 5.74) is 2.92. The van der Waals surface area contributed by atoms with Crippen LogP contribution in [0.1, 0.15) is 44.9 Å². The molecule has 17 heavy (non-hydrogen) atoms. The van der Waals surface area contributed by atoms with Crippen LogP contribution in [0.5, 0.6) is 0 Å². The maximum atomic E-state index is 3.36. The molecule has 2 unspecified atom stereocenters. The van der Waals surface area contributed by atoms with E-state index in [2.05, 4.69) is 34.9 Å². The third-order valence-corrected chi connectivity index (χ3v) is 2.91. The van der Waals surface area contributed by atoms with Crippen molar-refractivity contribution in [2.45, 2.75) is 46.2 Å². The molecule has 0 aliphatic heterocycles. The standard InChI is InChI=1S/C11H16N2.2C2H6/c1-12-10-7-8-5-3-4-6-9(8)11(10)13-2;2*1-2/h3-6,10-13H,7H2,1-2H3;2*1-2H3. The molecular weight excluding hydrogens is 208 g/mol. The molecule has 1 aliphatic rings. The van der Waals surface area contributed by atoms with E-state index in [4.69, 9.17) is 0 Å². The van der Waals surface area contributed by atoms with E-state index < -0.39 is 0 Å². The average Bonchev–Trinajstić information content (AvgIpc) is 2.80. The Morgan fingerprint density at radius 2 is 1.53 bits per heavy atom. The van der Waals surface area contributed by atoms with Gasteiger partial charge in [0.25, 0.3) is 0 Å². The molecular formula is C15H28N2. The van der Waals surface area contributed by atoms with Crippen LogP contribution in [0.15, 0.2) is 24.3 Å². The lowest BCUT2D eigenvalue weighted by atomic mass is 10.1. The van der Waals surface area contributed by atoms with Gasteiger partial charge in [-0.15, -0.1) is 0 Å². The van der Waals surface area contributed by atoms with Crippen LogP contribution in [0.25, 0.3) is 0 Å². The molecule has 0 radical (unpaired) electrons. The van der Waals surface area contributed by atoms with Crippen molar-refractivity contribution in [2.75, 3.05) is 14.1 Å². The van der Waals surface area contributed by atoms with E-state index in [0.29, 0.717) is 12.1 Å². The Balaban J connectivity index is 0.000000581. The lowest BCUT2D eigenvalue weighted by molar-refractivity contribution is 0.450. The van der Waals surface area contributed by atoms with Gasteiger partial charge in [-0.25, -0.2) is 0 Å². The van der Waals surface area contributed by atoms with Crippen LogP contribution in [0.2, 0.25) is 0 Å². The van der Waals surface area contributed by atoms with E-state index in [1.165, 1.54) is 11.1 Å². The highest BCUT2D eigenvalue weighted by Crippen LogP contribution is 2.30. The van der Waals surface area contributed by atoms with E-state index >= 15 is 0 Å². The van der Waals surface area contributed by atoms with Gasteiger partial charge in [0.2, 0.25) is 0 Å². The summed E-state index contributed by atoms with van der Waals surface area (Å²) in [7, 11) is 4.05. The van der Waals surface area contributed by atoms with Gasteiger partial charge >= 0.3 is 0 Å². The largest absolute Gasteiger partial charge is 0.315 e. The fourth-order valence-corrected chi connectivity index (χ4v) is 2.22. The number of rotatable bonds is 2. The zero-order valence-electron chi connectivity index (χ0n) is 12.2. The number of hydrogen-bond donors (Lipinski definition) is 2. The summed E-state index contributed by atoms with van der Waals surface area (Å²) in [4.78, 5) is 0. The van der Waals surface area contributed by atoms with Crippen molar-refractivity contribution in [3.63, 3.8) is 0 Å². The molecule has 0 saturated heterocycles. The van der Waals surface area contributed by atoms with Crippen LogP contribution in [0.4, 0.5) is 0 Å². The summed E-state index contributed by atoms with van der Waals surface area (Å²) in [6.45, 7) is 8.00. The van der Waals surface area contributed by atoms with Crippen molar-refractivity contribution in [2.24, 2.45) is 0 Å². The number of benzene rings is 1. The summed E-state index contributed by atoms with van der Waals surface area (Å²) in [6.07, 6.45) is 1.14. The van der Waals surface area contributed by atoms with Gasteiger partial charge in [0, 0.05) is 12.1 Å². The molecule has 0 fully saturated rings. The molecule has 0 amide bonds. The Labute approximate surface area is 107 Å². The first-order valence-electron chi connectivity index (χ1n) is 6.79. The molecule has 0 saturated carbocycles. The molecule has 2 nitrogen and oxygen atoms in total. The molecule has 0 aromatic heterocycles. The SMILES string of the molecule is CC.CC.CNC1Cc2ccccc2C1NC. The third-order valence-electron chi connectivity index (χ3n) is 2.91. The van der Waals surface area contributed by atoms with Crippen molar-refractivity contribution in [3.05, 3.63) is 35.4 Å². The number of fused-ring (bicyclic) bond motifs is 1. The maximum Gasteiger partial charge on any atom is 0.0479 e. The molecule has 2 atom stereocenters. The van der Waals surface area contributed by atoms with E-state index in [9.17, 15) is 0 Å². The predicted molar refractivity (Wildman–Crippen MR) is 77.5 cm³/mol. The summed E-state index contributed by atoms with van der Waals surface area (Å²) in [5, 5.41) is 6.71. The number of nitrogens with one attached hydrogen (secondary N) is 2. The Hall–Kier alpha value is -0.860. The lowest BCUT2D eigenvalue weighted by Gasteiger charge is -2.18. The quantitative estimate of drug-likeness (QED) is 0.824. The highest BCUT2D eigenvalue weighted by molar-refractivity contribution is 5.37. The second kappa shape index (κ2) is 9.20. The maximum absolute atomic E-state index is 3.36. The molecule has 98 valence electrons. The van der Waals surface area contributed by atoms with Gasteiger partial charge in [-0.2, -0.15) is 0 Å². The molecule has 2 N–H and O–H groups in total. The van der Waals surface area contributed by atoms with Gasteiger partial charge in [0.15, 0.2) is 0 Å². The second-order valence-electron chi connectivity index (χ2n) is 3.56. The summed E-state index contributed by atoms with van der Waals surface area (Å²) < 4.78 is 0. The second-order valence-corrected chi connectivity index (χ2v) is 3.56. The van der Waals surface area contributed by atoms with Crippen LogP contribution >= 0.6 is 0 Å². The minimum atomic E-state index is 0.473. The van der Waals surface area contributed by atoms with E-state index in [0.717, 1.165) is 6.42 Å². The van der Waals surface area contributed by atoms with Crippen LogP contribution in [-0.4, -0.2) is 20.1 Å². The van der Waals surface area contributed by atoms with E-state index in [1.807, 2.05) is 41.8 Å². The smallest absolute Gasteiger partial charge is 0.0479 e. The summed E-state index contributed by atoms with van der Waals surface area (Å²) in [5.74, 6) is 0. The average molecular weight is 236 g/mol. The Bertz CT molecular complexity index is 297. The van der Waals surface area contributed by atoms with Crippen molar-refractivity contribution in [1.82, 2.24) is 10.6 Å². The fourth-order valence-electron chi connectivity index (χ4n) is 2.22. The van der Waals surface area contributed by atoms with Crippen molar-refractivity contribution < 1.29 is 0 Å². The van der Waals surface area contributed by atoms with Gasteiger partial charge in [-0.1, -0.05) is 52.0 Å². The monoisotopic (exact) mass is 236 g/mol. The Kier molecular flexibility index (Phi) is 8.73. The lowest BCUT2D eigenvalue weighted by Crippen LogP contribution is -2.35. The molecule has 1 aromatic rings. The molecule has 1 aromatic carbocycles. The molecule has 2 rings (SSSR count). The molecule has 0 spiro atoms. The topological polar surface area (TPSA) is 24.1 Å². The van der Waals surface area contributed by atoms with Crippen molar-refractivity contribution >= 4 is 0 Å². The predicted octanol–water partition coefficient (Wildman–Crippen LogP) is 3.14. The van der Waals surface area contributed by atoms with Crippen LogP contribution in [0, 0.1) is 0 Å². The van der Waals surface area contributed by atoms with Gasteiger partial charge in [0.1, 0.15) is 0 Å². The molecule has 0 bridgehead atoms. The highest BCUT2D eigenvalue weighted by atomic mass is 15.0.